The normalized spacial score (nSPS) is 11.9. The molecule has 3 nitrogen and oxygen atoms in total. The Hall–Kier alpha value is -0.0900. The first kappa shape index (κ1) is 13.9. The third kappa shape index (κ3) is 7.33. The van der Waals surface area contributed by atoms with Crippen LogP contribution in [0.15, 0.2) is 0 Å². The maximum atomic E-state index is 11.3. The standard InChI is InChI=1S/C10H20BrNO2/c1-8(2)7-14-6-5-12-9(13)10(3,4)11/h8H,5-7H2,1-4H3,(H,12,13). The van der Waals surface area contributed by atoms with Gasteiger partial charge in [-0.2, -0.15) is 0 Å². The molecular formula is C10H20BrNO2. The van der Waals surface area contributed by atoms with Gasteiger partial charge in [-0.25, -0.2) is 0 Å². The summed E-state index contributed by atoms with van der Waals surface area (Å²) in [4.78, 5) is 11.3. The zero-order valence-electron chi connectivity index (χ0n) is 9.39. The molecule has 0 heterocycles. The van der Waals surface area contributed by atoms with Crippen LogP contribution in [0.3, 0.4) is 0 Å². The summed E-state index contributed by atoms with van der Waals surface area (Å²) in [6.07, 6.45) is 0. The molecule has 4 heteroatoms. The quantitative estimate of drug-likeness (QED) is 0.589. The van der Waals surface area contributed by atoms with E-state index in [1.165, 1.54) is 0 Å². The van der Waals surface area contributed by atoms with Gasteiger partial charge >= 0.3 is 0 Å². The van der Waals surface area contributed by atoms with Gasteiger partial charge in [-0.15, -0.1) is 0 Å². The number of carbonyl (C=O) groups excluding carboxylic acids is 1. The summed E-state index contributed by atoms with van der Waals surface area (Å²) in [6.45, 7) is 9.72. The molecule has 0 bridgehead atoms. The maximum absolute atomic E-state index is 11.3. The number of alkyl halides is 1. The highest BCUT2D eigenvalue weighted by Gasteiger charge is 2.22. The highest BCUT2D eigenvalue weighted by atomic mass is 79.9. The fourth-order valence-electron chi connectivity index (χ4n) is 0.766. The number of hydrogen-bond donors (Lipinski definition) is 1. The van der Waals surface area contributed by atoms with E-state index in [1.54, 1.807) is 0 Å². The van der Waals surface area contributed by atoms with Crippen LogP contribution in [0, 0.1) is 5.92 Å². The van der Waals surface area contributed by atoms with Crippen LogP contribution in [0.25, 0.3) is 0 Å². The molecule has 0 saturated heterocycles. The van der Waals surface area contributed by atoms with Crippen LogP contribution < -0.4 is 5.32 Å². The fraction of sp³-hybridized carbons (Fsp3) is 0.900. The summed E-state index contributed by atoms with van der Waals surface area (Å²) < 4.78 is 4.83. The van der Waals surface area contributed by atoms with Crippen molar-refractivity contribution in [1.82, 2.24) is 5.32 Å². The number of amides is 1. The molecule has 0 atom stereocenters. The summed E-state index contributed by atoms with van der Waals surface area (Å²) in [7, 11) is 0. The first-order chi connectivity index (χ1) is 6.34. The van der Waals surface area contributed by atoms with E-state index in [9.17, 15) is 4.79 Å². The Balaban J connectivity index is 3.42. The lowest BCUT2D eigenvalue weighted by Crippen LogP contribution is -2.39. The third-order valence-corrected chi connectivity index (χ3v) is 1.88. The van der Waals surface area contributed by atoms with Crippen molar-refractivity contribution in [2.75, 3.05) is 19.8 Å². The van der Waals surface area contributed by atoms with Crippen molar-refractivity contribution < 1.29 is 9.53 Å². The predicted molar refractivity (Wildman–Crippen MR) is 61.7 cm³/mol. The molecule has 0 aromatic heterocycles. The Morgan fingerprint density at radius 2 is 2.07 bits per heavy atom. The molecule has 0 fully saturated rings. The third-order valence-electron chi connectivity index (χ3n) is 1.52. The second-order valence-corrected chi connectivity index (χ2v) is 6.18. The lowest BCUT2D eigenvalue weighted by Gasteiger charge is -2.15. The Morgan fingerprint density at radius 3 is 2.50 bits per heavy atom. The molecule has 0 aromatic rings. The van der Waals surface area contributed by atoms with Gasteiger partial charge in [-0.1, -0.05) is 29.8 Å². The molecule has 0 aliphatic heterocycles. The minimum Gasteiger partial charge on any atom is -0.379 e. The van der Waals surface area contributed by atoms with Crippen LogP contribution in [0.5, 0.6) is 0 Å². The van der Waals surface area contributed by atoms with Gasteiger partial charge in [0.05, 0.1) is 10.9 Å². The van der Waals surface area contributed by atoms with Crippen molar-refractivity contribution >= 4 is 21.8 Å². The van der Waals surface area contributed by atoms with Gasteiger partial charge in [0.1, 0.15) is 0 Å². The van der Waals surface area contributed by atoms with E-state index in [0.29, 0.717) is 19.1 Å². The van der Waals surface area contributed by atoms with E-state index in [-0.39, 0.29) is 5.91 Å². The minimum atomic E-state index is -0.495. The second-order valence-electron chi connectivity index (χ2n) is 4.20. The zero-order chi connectivity index (χ0) is 11.2. The number of hydrogen-bond acceptors (Lipinski definition) is 2. The molecule has 84 valence electrons. The van der Waals surface area contributed by atoms with E-state index in [0.717, 1.165) is 6.61 Å². The molecule has 1 N–H and O–H groups in total. The summed E-state index contributed by atoms with van der Waals surface area (Å²) in [5.74, 6) is 0.531. The maximum Gasteiger partial charge on any atom is 0.236 e. The average molecular weight is 266 g/mol. The first-order valence-electron chi connectivity index (χ1n) is 4.89. The molecule has 0 saturated carbocycles. The van der Waals surface area contributed by atoms with Crippen LogP contribution in [0.4, 0.5) is 0 Å². The van der Waals surface area contributed by atoms with Crippen LogP contribution in [0.1, 0.15) is 27.7 Å². The molecule has 0 radical (unpaired) electrons. The van der Waals surface area contributed by atoms with Crippen molar-refractivity contribution in [3.05, 3.63) is 0 Å². The van der Waals surface area contributed by atoms with Gasteiger partial charge in [0.25, 0.3) is 0 Å². The fourth-order valence-corrected chi connectivity index (χ4v) is 0.906. The van der Waals surface area contributed by atoms with Crippen LogP contribution in [-0.4, -0.2) is 30.0 Å². The van der Waals surface area contributed by atoms with Gasteiger partial charge in [-0.3, -0.25) is 4.79 Å². The van der Waals surface area contributed by atoms with Crippen LogP contribution >= 0.6 is 15.9 Å². The zero-order valence-corrected chi connectivity index (χ0v) is 11.0. The Bertz CT molecular complexity index is 175. The van der Waals surface area contributed by atoms with Crippen molar-refractivity contribution in [1.29, 1.82) is 0 Å². The second kappa shape index (κ2) is 6.40. The number of nitrogens with one attached hydrogen (secondary N) is 1. The highest BCUT2D eigenvalue weighted by Crippen LogP contribution is 2.14. The van der Waals surface area contributed by atoms with Gasteiger partial charge < -0.3 is 10.1 Å². The average Bonchev–Trinajstić information content (AvgIpc) is 2.01. The molecule has 0 aliphatic rings. The molecule has 0 spiro atoms. The van der Waals surface area contributed by atoms with Crippen LogP contribution in [0.2, 0.25) is 0 Å². The Kier molecular flexibility index (Phi) is 6.36. The highest BCUT2D eigenvalue weighted by molar-refractivity contribution is 9.10. The summed E-state index contributed by atoms with van der Waals surface area (Å²) in [5, 5.41) is 2.79. The van der Waals surface area contributed by atoms with Gasteiger partial charge in [0.15, 0.2) is 0 Å². The number of carbonyl (C=O) groups is 1. The largest absolute Gasteiger partial charge is 0.379 e. The van der Waals surface area contributed by atoms with Gasteiger partial charge in [-0.05, 0) is 19.8 Å². The summed E-state index contributed by atoms with van der Waals surface area (Å²) in [6, 6.07) is 0. The van der Waals surface area contributed by atoms with Gasteiger partial charge in [0.2, 0.25) is 5.91 Å². The number of halogens is 1. The topological polar surface area (TPSA) is 38.3 Å². The van der Waals surface area contributed by atoms with Gasteiger partial charge in [0, 0.05) is 13.2 Å². The van der Waals surface area contributed by atoms with Crippen molar-refractivity contribution in [3.8, 4) is 0 Å². The Labute approximate surface area is 94.7 Å². The van der Waals surface area contributed by atoms with Crippen molar-refractivity contribution in [3.63, 3.8) is 0 Å². The van der Waals surface area contributed by atoms with Crippen molar-refractivity contribution in [2.24, 2.45) is 5.92 Å². The summed E-state index contributed by atoms with van der Waals surface area (Å²) in [5.41, 5.74) is 0. The molecule has 0 rings (SSSR count). The first-order valence-corrected chi connectivity index (χ1v) is 5.68. The van der Waals surface area contributed by atoms with E-state index in [1.807, 2.05) is 13.8 Å². The molecular weight excluding hydrogens is 246 g/mol. The van der Waals surface area contributed by atoms with E-state index < -0.39 is 4.32 Å². The molecule has 1 amide bonds. The van der Waals surface area contributed by atoms with E-state index in [2.05, 4.69) is 35.1 Å². The van der Waals surface area contributed by atoms with Crippen LogP contribution in [-0.2, 0) is 9.53 Å². The van der Waals surface area contributed by atoms with E-state index >= 15 is 0 Å². The monoisotopic (exact) mass is 265 g/mol. The molecule has 0 aliphatic carbocycles. The van der Waals surface area contributed by atoms with E-state index in [4.69, 9.17) is 4.74 Å². The molecule has 14 heavy (non-hydrogen) atoms. The number of ether oxygens (including phenoxy) is 1. The lowest BCUT2D eigenvalue weighted by atomic mass is 10.2. The number of rotatable bonds is 6. The molecule has 0 unspecified atom stereocenters. The lowest BCUT2D eigenvalue weighted by molar-refractivity contribution is -0.122. The minimum absolute atomic E-state index is 0.00866. The predicted octanol–water partition coefficient (Wildman–Crippen LogP) is 1.95. The SMILES string of the molecule is CC(C)COCCNC(=O)C(C)(C)Br. The van der Waals surface area contributed by atoms with Crippen molar-refractivity contribution in [2.45, 2.75) is 32.0 Å². The smallest absolute Gasteiger partial charge is 0.236 e. The molecule has 0 aromatic carbocycles. The summed E-state index contributed by atoms with van der Waals surface area (Å²) >= 11 is 3.28. The Morgan fingerprint density at radius 1 is 1.50 bits per heavy atom.